The van der Waals surface area contributed by atoms with Crippen LogP contribution in [-0.2, 0) is 19.9 Å². The van der Waals surface area contributed by atoms with Crippen LogP contribution in [-0.4, -0.2) is 0 Å². The molecule has 0 saturated heterocycles. The summed E-state index contributed by atoms with van der Waals surface area (Å²) in [6.07, 6.45) is 3.46. The van der Waals surface area contributed by atoms with E-state index in [1.54, 1.807) is 0 Å². The van der Waals surface area contributed by atoms with Gasteiger partial charge in [-0.3, -0.25) is 0 Å². The van der Waals surface area contributed by atoms with E-state index in [0.29, 0.717) is 0 Å². The minimum absolute atomic E-state index is 0.00142. The molecule has 0 bridgehead atoms. The van der Waals surface area contributed by atoms with Gasteiger partial charge >= 0.3 is 0 Å². The number of rotatable bonds is 5. The molecule has 3 aromatic rings. The molecule has 0 spiro atoms. The van der Waals surface area contributed by atoms with Gasteiger partial charge in [0.15, 0.2) is 0 Å². The van der Waals surface area contributed by atoms with Gasteiger partial charge in [-0.25, -0.2) is 4.39 Å². The van der Waals surface area contributed by atoms with Crippen molar-refractivity contribution < 1.29 is 8.96 Å². The Bertz CT molecular complexity index is 1000. The second-order valence-corrected chi connectivity index (χ2v) is 7.79. The Morgan fingerprint density at radius 3 is 2.30 bits per heavy atom. The lowest BCUT2D eigenvalue weighted by Crippen LogP contribution is -2.33. The Hall–Kier alpha value is -2.22. The summed E-state index contributed by atoms with van der Waals surface area (Å²) < 4.78 is 17.3. The highest BCUT2D eigenvalue weighted by molar-refractivity contribution is 5.83. The fourth-order valence-electron chi connectivity index (χ4n) is 4.16. The van der Waals surface area contributed by atoms with Crippen LogP contribution in [0.5, 0.6) is 0 Å². The minimum Gasteiger partial charge on any atom is -0.206 e. The van der Waals surface area contributed by atoms with Crippen LogP contribution in [0, 0.1) is 26.6 Å². The maximum Gasteiger partial charge on any atom is 0.213 e. The SMILES string of the molecule is CCCc1cc2c(ccc(-c3cc(C)cc(C)c3C)[n+]2C)c(CCC)c1F. The van der Waals surface area contributed by atoms with Crippen molar-refractivity contribution in [3.63, 3.8) is 0 Å². The fraction of sp³-hybridized carbons (Fsp3) is 0.400. The summed E-state index contributed by atoms with van der Waals surface area (Å²) in [6, 6.07) is 10.8. The molecule has 2 heteroatoms. The van der Waals surface area contributed by atoms with E-state index in [1.165, 1.54) is 27.9 Å². The van der Waals surface area contributed by atoms with Crippen LogP contribution in [0.3, 0.4) is 0 Å². The molecule has 27 heavy (non-hydrogen) atoms. The number of pyridine rings is 1. The Balaban J connectivity index is 2.33. The number of aryl methyl sites for hydroxylation is 5. The number of hydrogen-bond donors (Lipinski definition) is 0. The van der Waals surface area contributed by atoms with Gasteiger partial charge in [0.1, 0.15) is 12.9 Å². The first-order valence-corrected chi connectivity index (χ1v) is 10.1. The van der Waals surface area contributed by atoms with Gasteiger partial charge in [0.2, 0.25) is 11.2 Å². The molecule has 0 amide bonds. The third-order valence-electron chi connectivity index (χ3n) is 5.70. The van der Waals surface area contributed by atoms with Gasteiger partial charge in [0, 0.05) is 23.3 Å². The summed E-state index contributed by atoms with van der Waals surface area (Å²) in [7, 11) is 2.11. The Kier molecular flexibility index (Phi) is 5.64. The van der Waals surface area contributed by atoms with E-state index in [0.717, 1.165) is 47.7 Å². The highest BCUT2D eigenvalue weighted by Crippen LogP contribution is 2.30. The molecule has 0 fully saturated rings. The van der Waals surface area contributed by atoms with Crippen LogP contribution in [0.1, 0.15) is 54.5 Å². The highest BCUT2D eigenvalue weighted by atomic mass is 19.1. The molecule has 0 aliphatic heterocycles. The first-order valence-electron chi connectivity index (χ1n) is 10.1. The molecule has 0 atom stereocenters. The van der Waals surface area contributed by atoms with Crippen LogP contribution >= 0.6 is 0 Å². The van der Waals surface area contributed by atoms with Gasteiger partial charge < -0.3 is 0 Å². The van der Waals surface area contributed by atoms with Crippen LogP contribution in [0.25, 0.3) is 22.2 Å². The predicted octanol–water partition coefficient (Wildman–Crippen LogP) is 6.30. The average Bonchev–Trinajstić information content (AvgIpc) is 2.63. The Morgan fingerprint density at radius 2 is 1.63 bits per heavy atom. The van der Waals surface area contributed by atoms with Gasteiger partial charge in [-0.15, -0.1) is 0 Å². The molecule has 0 N–H and O–H groups in total. The van der Waals surface area contributed by atoms with Crippen molar-refractivity contribution >= 4 is 10.9 Å². The van der Waals surface area contributed by atoms with Crippen molar-refractivity contribution in [2.24, 2.45) is 7.05 Å². The largest absolute Gasteiger partial charge is 0.213 e. The molecule has 142 valence electrons. The first kappa shape index (κ1) is 19.5. The number of benzene rings is 2. The highest BCUT2D eigenvalue weighted by Gasteiger charge is 2.22. The van der Waals surface area contributed by atoms with E-state index in [4.69, 9.17) is 0 Å². The fourth-order valence-corrected chi connectivity index (χ4v) is 4.16. The molecule has 0 aliphatic carbocycles. The van der Waals surface area contributed by atoms with Gasteiger partial charge in [0.05, 0.1) is 5.39 Å². The standard InChI is InChI=1S/C25H31FN/c1-7-9-19-15-24-20(21(10-8-2)25(19)26)11-12-23(27(24)6)22-14-16(3)13-17(4)18(22)5/h11-15H,7-10H2,1-6H3/q+1. The number of fused-ring (bicyclic) bond motifs is 1. The molecular formula is C25H31FN+. The molecule has 3 rings (SSSR count). The van der Waals surface area contributed by atoms with Crippen LogP contribution in [0.4, 0.5) is 4.39 Å². The first-order chi connectivity index (χ1) is 12.9. The third-order valence-corrected chi connectivity index (χ3v) is 5.70. The summed E-state index contributed by atoms with van der Waals surface area (Å²) in [5.74, 6) is 0.00142. The lowest BCUT2D eigenvalue weighted by atomic mass is 9.94. The smallest absolute Gasteiger partial charge is 0.206 e. The zero-order valence-electron chi connectivity index (χ0n) is 17.5. The monoisotopic (exact) mass is 364 g/mol. The molecule has 0 aliphatic rings. The van der Waals surface area contributed by atoms with Gasteiger partial charge in [0.25, 0.3) is 0 Å². The summed E-state index contributed by atoms with van der Waals surface area (Å²) >= 11 is 0. The molecule has 0 unspecified atom stereocenters. The van der Waals surface area contributed by atoms with E-state index in [2.05, 4.69) is 76.6 Å². The molecule has 0 radical (unpaired) electrons. The second-order valence-electron chi connectivity index (χ2n) is 7.79. The number of nitrogens with zero attached hydrogens (tertiary/aromatic N) is 1. The van der Waals surface area contributed by atoms with Gasteiger partial charge in [-0.1, -0.05) is 38.3 Å². The predicted molar refractivity (Wildman–Crippen MR) is 113 cm³/mol. The Labute approximate surface area is 162 Å². The quantitative estimate of drug-likeness (QED) is 0.468. The van der Waals surface area contributed by atoms with Crippen molar-refractivity contribution in [3.8, 4) is 11.3 Å². The average molecular weight is 365 g/mol. The normalized spacial score (nSPS) is 11.4. The zero-order valence-corrected chi connectivity index (χ0v) is 17.5. The van der Waals surface area contributed by atoms with Crippen LogP contribution in [0.2, 0.25) is 0 Å². The molecule has 1 nitrogen and oxygen atoms in total. The van der Waals surface area contributed by atoms with E-state index in [-0.39, 0.29) is 5.82 Å². The summed E-state index contributed by atoms with van der Waals surface area (Å²) in [4.78, 5) is 0. The summed E-state index contributed by atoms with van der Waals surface area (Å²) in [6.45, 7) is 10.7. The van der Waals surface area contributed by atoms with Crippen molar-refractivity contribution in [3.05, 3.63) is 64.0 Å². The molecule has 0 saturated carbocycles. The second kappa shape index (κ2) is 7.80. The minimum atomic E-state index is 0.00142. The number of aromatic nitrogens is 1. The van der Waals surface area contributed by atoms with Crippen LogP contribution in [0.15, 0.2) is 30.3 Å². The van der Waals surface area contributed by atoms with Crippen molar-refractivity contribution in [1.82, 2.24) is 0 Å². The number of hydrogen-bond acceptors (Lipinski definition) is 0. The van der Waals surface area contributed by atoms with Crippen molar-refractivity contribution in [2.45, 2.75) is 60.3 Å². The lowest BCUT2D eigenvalue weighted by Gasteiger charge is -2.14. The molecular weight excluding hydrogens is 333 g/mol. The van der Waals surface area contributed by atoms with Crippen LogP contribution < -0.4 is 4.57 Å². The van der Waals surface area contributed by atoms with Gasteiger partial charge in [-0.05, 0) is 62.4 Å². The van der Waals surface area contributed by atoms with Crippen molar-refractivity contribution in [2.75, 3.05) is 0 Å². The summed E-state index contributed by atoms with van der Waals surface area (Å²) in [5.41, 5.74) is 9.17. The maximum atomic E-state index is 15.1. The van der Waals surface area contributed by atoms with Gasteiger partial charge in [-0.2, -0.15) is 4.57 Å². The molecule has 1 aromatic heterocycles. The molecule has 1 heterocycles. The van der Waals surface area contributed by atoms with E-state index < -0.39 is 0 Å². The Morgan fingerprint density at radius 1 is 0.926 bits per heavy atom. The molecule has 2 aromatic carbocycles. The van der Waals surface area contributed by atoms with Crippen molar-refractivity contribution in [1.29, 1.82) is 0 Å². The topological polar surface area (TPSA) is 3.88 Å². The van der Waals surface area contributed by atoms with E-state index in [9.17, 15) is 0 Å². The summed E-state index contributed by atoms with van der Waals surface area (Å²) in [5, 5.41) is 1.04. The lowest BCUT2D eigenvalue weighted by molar-refractivity contribution is -0.633. The third kappa shape index (κ3) is 3.50. The van der Waals surface area contributed by atoms with E-state index in [1.807, 2.05) is 0 Å². The van der Waals surface area contributed by atoms with E-state index >= 15 is 4.39 Å². The maximum absolute atomic E-state index is 15.1. The zero-order chi connectivity index (χ0) is 19.7. The number of halogens is 1.